The maximum Gasteiger partial charge on any atom is -0.0316 e. The Morgan fingerprint density at radius 2 is 1.47 bits per heavy atom. The van der Waals surface area contributed by atoms with Crippen LogP contribution in [0.3, 0.4) is 0 Å². The van der Waals surface area contributed by atoms with Crippen LogP contribution in [0.2, 0.25) is 0 Å². The first kappa shape index (κ1) is 9.07. The Hall–Kier alpha value is 0. The lowest BCUT2D eigenvalue weighted by Gasteiger charge is -2.50. The molecule has 4 rings (SSSR count). The minimum atomic E-state index is 1.06. The van der Waals surface area contributed by atoms with Gasteiger partial charge < -0.3 is 0 Å². The lowest BCUT2D eigenvalue weighted by molar-refractivity contribution is -0.0249. The number of fused-ring (bicyclic) bond motifs is 3. The molecule has 4 aliphatic rings. The molecule has 0 heteroatoms. The topological polar surface area (TPSA) is 0 Å². The summed E-state index contributed by atoms with van der Waals surface area (Å²) in [5, 5.41) is 0. The van der Waals surface area contributed by atoms with E-state index in [1.807, 2.05) is 0 Å². The lowest BCUT2D eigenvalue weighted by Crippen LogP contribution is -2.45. The fourth-order valence-corrected chi connectivity index (χ4v) is 6.61. The van der Waals surface area contributed by atoms with Crippen molar-refractivity contribution in [3.05, 3.63) is 0 Å². The Labute approximate surface area is 93.8 Å². The molecule has 15 heavy (non-hydrogen) atoms. The molecule has 4 saturated carbocycles. The van der Waals surface area contributed by atoms with Gasteiger partial charge in [0.15, 0.2) is 0 Å². The lowest BCUT2D eigenvalue weighted by atomic mass is 9.55. The van der Waals surface area contributed by atoms with Gasteiger partial charge in [0, 0.05) is 0 Å². The van der Waals surface area contributed by atoms with Crippen molar-refractivity contribution in [1.82, 2.24) is 0 Å². The highest BCUT2D eigenvalue weighted by molar-refractivity contribution is 5.14. The predicted octanol–water partition coefficient (Wildman–Crippen LogP) is 3.96. The first-order valence-corrected chi connectivity index (χ1v) is 7.29. The molecule has 0 aromatic carbocycles. The van der Waals surface area contributed by atoms with Gasteiger partial charge in [-0.3, -0.25) is 0 Å². The van der Waals surface area contributed by atoms with Crippen molar-refractivity contribution in [3.63, 3.8) is 0 Å². The molecule has 4 aliphatic carbocycles. The van der Waals surface area contributed by atoms with Crippen LogP contribution >= 0.6 is 0 Å². The zero-order chi connectivity index (χ0) is 10.2. The molecule has 0 nitrogen and oxygen atoms in total. The third-order valence-corrected chi connectivity index (χ3v) is 6.82. The van der Waals surface area contributed by atoms with Gasteiger partial charge in [0.1, 0.15) is 0 Å². The Kier molecular flexibility index (Phi) is 1.70. The van der Waals surface area contributed by atoms with Crippen LogP contribution in [0.4, 0.5) is 0 Å². The molecular weight excluding hydrogens is 180 g/mol. The van der Waals surface area contributed by atoms with E-state index in [1.54, 1.807) is 32.1 Å². The second-order valence-corrected chi connectivity index (χ2v) is 7.08. The highest BCUT2D eigenvalue weighted by Gasteiger charge is 2.66. The van der Waals surface area contributed by atoms with E-state index in [4.69, 9.17) is 0 Å². The highest BCUT2D eigenvalue weighted by Crippen LogP contribution is 2.72. The maximum absolute atomic E-state index is 2.57. The molecule has 0 aromatic rings. The van der Waals surface area contributed by atoms with E-state index in [0.29, 0.717) is 0 Å². The smallest absolute Gasteiger partial charge is 0.0316 e. The minimum Gasteiger partial charge on any atom is -0.0622 e. The SMILES string of the molecule is CC1CC2C3CCCCC3C3C(C)C1C23. The molecule has 0 amide bonds. The maximum atomic E-state index is 2.57. The summed E-state index contributed by atoms with van der Waals surface area (Å²) in [5.74, 6) is 9.19. The fourth-order valence-electron chi connectivity index (χ4n) is 6.61. The van der Waals surface area contributed by atoms with Gasteiger partial charge in [-0.15, -0.1) is 0 Å². The third-order valence-electron chi connectivity index (χ3n) is 6.82. The van der Waals surface area contributed by atoms with E-state index in [2.05, 4.69) is 13.8 Å². The van der Waals surface area contributed by atoms with Crippen LogP contribution in [0.25, 0.3) is 0 Å². The van der Waals surface area contributed by atoms with E-state index >= 15 is 0 Å². The first-order chi connectivity index (χ1) is 7.29. The van der Waals surface area contributed by atoms with Gasteiger partial charge in [0.2, 0.25) is 0 Å². The van der Waals surface area contributed by atoms with E-state index < -0.39 is 0 Å². The molecule has 8 atom stereocenters. The van der Waals surface area contributed by atoms with E-state index in [1.165, 1.54) is 29.6 Å². The van der Waals surface area contributed by atoms with Crippen LogP contribution < -0.4 is 0 Å². The molecular formula is C15H24. The summed E-state index contributed by atoms with van der Waals surface area (Å²) in [7, 11) is 0. The highest BCUT2D eigenvalue weighted by atomic mass is 14.7. The zero-order valence-corrected chi connectivity index (χ0v) is 10.2. The van der Waals surface area contributed by atoms with Gasteiger partial charge in [-0.2, -0.15) is 0 Å². The molecule has 0 aromatic heterocycles. The van der Waals surface area contributed by atoms with Crippen LogP contribution in [0, 0.1) is 47.3 Å². The number of hydrogen-bond donors (Lipinski definition) is 0. The van der Waals surface area contributed by atoms with Gasteiger partial charge in [-0.25, -0.2) is 0 Å². The van der Waals surface area contributed by atoms with Gasteiger partial charge in [-0.05, 0) is 66.6 Å². The summed E-state index contributed by atoms with van der Waals surface area (Å²) in [6, 6.07) is 0. The zero-order valence-electron chi connectivity index (χ0n) is 10.2. The molecule has 0 aliphatic heterocycles. The van der Waals surface area contributed by atoms with Gasteiger partial charge in [0.25, 0.3) is 0 Å². The molecule has 0 heterocycles. The van der Waals surface area contributed by atoms with Gasteiger partial charge in [0.05, 0.1) is 0 Å². The average Bonchev–Trinajstić information content (AvgIpc) is 2.64. The molecule has 84 valence electrons. The minimum absolute atomic E-state index is 1.06. The summed E-state index contributed by atoms with van der Waals surface area (Å²) in [6.07, 6.45) is 7.87. The van der Waals surface area contributed by atoms with Crippen LogP contribution in [-0.4, -0.2) is 0 Å². The normalized spacial score (nSPS) is 66.0. The van der Waals surface area contributed by atoms with Crippen molar-refractivity contribution in [2.75, 3.05) is 0 Å². The fraction of sp³-hybridized carbons (Fsp3) is 1.00. The van der Waals surface area contributed by atoms with Crippen molar-refractivity contribution in [3.8, 4) is 0 Å². The summed E-state index contributed by atoms with van der Waals surface area (Å²) >= 11 is 0. The Balaban J connectivity index is 1.70. The quantitative estimate of drug-likeness (QED) is 0.560. The second-order valence-electron chi connectivity index (χ2n) is 7.08. The predicted molar refractivity (Wildman–Crippen MR) is 62.4 cm³/mol. The summed E-state index contributed by atoms with van der Waals surface area (Å²) in [4.78, 5) is 0. The standard InChI is InChI=1S/C15H24/c1-8-7-12-10-5-3-4-6-11(10)14-9(2)13(8)15(12)14/h8-15H,3-7H2,1-2H3. The average molecular weight is 204 g/mol. The van der Waals surface area contributed by atoms with Crippen LogP contribution in [0.5, 0.6) is 0 Å². The number of rotatable bonds is 0. The molecule has 0 saturated heterocycles. The molecule has 8 unspecified atom stereocenters. The van der Waals surface area contributed by atoms with E-state index in [0.717, 1.165) is 17.8 Å². The van der Waals surface area contributed by atoms with Gasteiger partial charge >= 0.3 is 0 Å². The van der Waals surface area contributed by atoms with Crippen molar-refractivity contribution in [2.24, 2.45) is 47.3 Å². The Morgan fingerprint density at radius 1 is 0.733 bits per heavy atom. The monoisotopic (exact) mass is 204 g/mol. The van der Waals surface area contributed by atoms with Crippen LogP contribution in [0.15, 0.2) is 0 Å². The molecule has 0 N–H and O–H groups in total. The Bertz CT molecular complexity index is 272. The summed E-state index contributed by atoms with van der Waals surface area (Å²) < 4.78 is 0. The van der Waals surface area contributed by atoms with Crippen molar-refractivity contribution >= 4 is 0 Å². The summed E-state index contributed by atoms with van der Waals surface area (Å²) in [6.45, 7) is 5.11. The van der Waals surface area contributed by atoms with Gasteiger partial charge in [-0.1, -0.05) is 26.7 Å². The molecule has 4 fully saturated rings. The van der Waals surface area contributed by atoms with Crippen molar-refractivity contribution in [2.45, 2.75) is 46.0 Å². The van der Waals surface area contributed by atoms with Crippen LogP contribution in [-0.2, 0) is 0 Å². The molecule has 0 radical (unpaired) electrons. The molecule has 0 spiro atoms. The van der Waals surface area contributed by atoms with Crippen molar-refractivity contribution < 1.29 is 0 Å². The van der Waals surface area contributed by atoms with Crippen LogP contribution in [0.1, 0.15) is 46.0 Å². The third kappa shape index (κ3) is 0.913. The van der Waals surface area contributed by atoms with E-state index in [-0.39, 0.29) is 0 Å². The van der Waals surface area contributed by atoms with E-state index in [9.17, 15) is 0 Å². The van der Waals surface area contributed by atoms with Crippen molar-refractivity contribution in [1.29, 1.82) is 0 Å². The largest absolute Gasteiger partial charge is 0.0622 e. The Morgan fingerprint density at radius 3 is 2.27 bits per heavy atom. The summed E-state index contributed by atoms with van der Waals surface area (Å²) in [5.41, 5.74) is 0. The molecule has 0 bridgehead atoms. The second kappa shape index (κ2) is 2.81. The number of hydrogen-bond acceptors (Lipinski definition) is 0. The first-order valence-electron chi connectivity index (χ1n) is 7.29.